The van der Waals surface area contributed by atoms with E-state index in [1.165, 1.54) is 22.5 Å². The van der Waals surface area contributed by atoms with Crippen molar-refractivity contribution in [1.82, 2.24) is 14.7 Å². The zero-order valence-electron chi connectivity index (χ0n) is 13.5. The molecule has 24 heavy (non-hydrogen) atoms. The van der Waals surface area contributed by atoms with Crippen molar-refractivity contribution in [3.63, 3.8) is 0 Å². The first-order valence-electron chi connectivity index (χ1n) is 8.00. The highest BCUT2D eigenvalue weighted by atomic mass is 32.1. The minimum absolute atomic E-state index is 0.0525. The van der Waals surface area contributed by atoms with Gasteiger partial charge in [0.2, 0.25) is 0 Å². The number of aliphatic hydroxyl groups excluding tert-OH is 1. The number of aromatic nitrogens is 2. The third kappa shape index (κ3) is 2.56. The number of aryl methyl sites for hydroxylation is 1. The molecule has 0 fully saturated rings. The summed E-state index contributed by atoms with van der Waals surface area (Å²) in [5.74, 6) is 0. The second-order valence-corrected chi connectivity index (χ2v) is 7.33. The minimum Gasteiger partial charge on any atom is -0.394 e. The van der Waals surface area contributed by atoms with E-state index in [4.69, 9.17) is 0 Å². The van der Waals surface area contributed by atoms with Gasteiger partial charge in [-0.2, -0.15) is 0 Å². The molecule has 1 aromatic carbocycles. The summed E-state index contributed by atoms with van der Waals surface area (Å²) in [6.07, 6.45) is 1.58. The lowest BCUT2D eigenvalue weighted by Gasteiger charge is -2.28. The largest absolute Gasteiger partial charge is 0.394 e. The Morgan fingerprint density at radius 2 is 2.04 bits per heavy atom. The molecule has 6 heteroatoms. The van der Waals surface area contributed by atoms with E-state index in [0.717, 1.165) is 18.5 Å². The number of nitrogens with one attached hydrogen (secondary N) is 1. The van der Waals surface area contributed by atoms with Crippen molar-refractivity contribution in [1.29, 1.82) is 0 Å². The first-order valence-corrected chi connectivity index (χ1v) is 8.88. The van der Waals surface area contributed by atoms with Gasteiger partial charge in [-0.3, -0.25) is 9.20 Å². The third-order valence-corrected chi connectivity index (χ3v) is 5.70. The summed E-state index contributed by atoms with van der Waals surface area (Å²) in [7, 11) is 0. The number of rotatable bonds is 4. The molecule has 4 rings (SSSR count). The van der Waals surface area contributed by atoms with Crippen LogP contribution in [0.5, 0.6) is 0 Å². The maximum absolute atomic E-state index is 12.3. The van der Waals surface area contributed by atoms with Crippen LogP contribution in [0.25, 0.3) is 4.96 Å². The highest BCUT2D eigenvalue weighted by Gasteiger charge is 2.36. The van der Waals surface area contributed by atoms with Crippen molar-refractivity contribution in [2.75, 3.05) is 6.61 Å². The summed E-state index contributed by atoms with van der Waals surface area (Å²) in [6.45, 7) is 2.43. The van der Waals surface area contributed by atoms with Crippen LogP contribution in [0.15, 0.2) is 40.5 Å². The monoisotopic (exact) mass is 341 g/mol. The Bertz CT molecular complexity index is 935. The minimum atomic E-state index is -0.373. The fourth-order valence-corrected chi connectivity index (χ4v) is 4.35. The van der Waals surface area contributed by atoms with E-state index < -0.39 is 0 Å². The van der Waals surface area contributed by atoms with Gasteiger partial charge in [0.1, 0.15) is 0 Å². The number of benzene rings is 1. The number of hydrogen-bond donors (Lipinski definition) is 2. The van der Waals surface area contributed by atoms with Crippen LogP contribution in [0, 0.1) is 6.92 Å². The van der Waals surface area contributed by atoms with Gasteiger partial charge in [-0.05, 0) is 30.9 Å². The summed E-state index contributed by atoms with van der Waals surface area (Å²) < 4.78 is 1.63. The van der Waals surface area contributed by atoms with E-state index >= 15 is 0 Å². The molecule has 0 radical (unpaired) electrons. The van der Waals surface area contributed by atoms with E-state index in [1.54, 1.807) is 10.5 Å². The van der Waals surface area contributed by atoms with Crippen molar-refractivity contribution in [2.45, 2.75) is 31.8 Å². The zero-order chi connectivity index (χ0) is 16.7. The lowest BCUT2D eigenvalue weighted by Crippen LogP contribution is -2.49. The Morgan fingerprint density at radius 1 is 1.33 bits per heavy atom. The molecule has 1 aliphatic carbocycles. The fraction of sp³-hybridized carbons (Fsp3) is 0.333. The van der Waals surface area contributed by atoms with E-state index in [9.17, 15) is 9.90 Å². The lowest BCUT2D eigenvalue weighted by molar-refractivity contribution is 0.165. The molecule has 2 heterocycles. The standard InChI is InChI=1S/C18H19N3O2S/c1-12-10-24-17-20-15(6-16(23)21(12)17)9-19-18(11-22)7-13-4-2-3-5-14(13)8-18/h2-6,10,19,22H,7-9,11H2,1H3. The zero-order valence-corrected chi connectivity index (χ0v) is 14.3. The van der Waals surface area contributed by atoms with Crippen LogP contribution in [-0.4, -0.2) is 26.6 Å². The fourth-order valence-electron chi connectivity index (χ4n) is 3.46. The molecule has 0 aliphatic heterocycles. The molecule has 5 nitrogen and oxygen atoms in total. The Hall–Kier alpha value is -2.02. The van der Waals surface area contributed by atoms with Crippen LogP contribution >= 0.6 is 11.3 Å². The first kappa shape index (κ1) is 15.5. The SMILES string of the molecule is Cc1csc2nc(CNC3(CO)Cc4ccccc4C3)cc(=O)n12. The van der Waals surface area contributed by atoms with E-state index in [-0.39, 0.29) is 17.7 Å². The number of thiazole rings is 1. The maximum Gasteiger partial charge on any atom is 0.259 e. The molecule has 124 valence electrons. The van der Waals surface area contributed by atoms with Crippen molar-refractivity contribution in [3.8, 4) is 0 Å². The Labute approximate surface area is 143 Å². The first-order chi connectivity index (χ1) is 11.6. The molecule has 0 atom stereocenters. The lowest BCUT2D eigenvalue weighted by atomic mass is 9.96. The summed E-state index contributed by atoms with van der Waals surface area (Å²) in [5.41, 5.74) is 3.74. The van der Waals surface area contributed by atoms with E-state index in [0.29, 0.717) is 17.2 Å². The van der Waals surface area contributed by atoms with Crippen molar-refractivity contribution < 1.29 is 5.11 Å². The molecule has 3 aromatic rings. The summed E-state index contributed by atoms with van der Waals surface area (Å²) in [5, 5.41) is 15.3. The molecule has 0 amide bonds. The van der Waals surface area contributed by atoms with Crippen LogP contribution < -0.4 is 10.9 Å². The molecule has 2 N–H and O–H groups in total. The van der Waals surface area contributed by atoms with Gasteiger partial charge in [-0.1, -0.05) is 24.3 Å². The number of fused-ring (bicyclic) bond motifs is 2. The molecule has 1 aliphatic rings. The molecule has 0 saturated heterocycles. The summed E-state index contributed by atoms with van der Waals surface area (Å²) in [4.78, 5) is 17.5. The molecular formula is C18H19N3O2S. The van der Waals surface area contributed by atoms with Crippen LogP contribution in [0.4, 0.5) is 0 Å². The number of nitrogens with zero attached hydrogens (tertiary/aromatic N) is 2. The Kier molecular flexibility index (Phi) is 3.75. The van der Waals surface area contributed by atoms with Crippen molar-refractivity contribution in [3.05, 3.63) is 68.6 Å². The maximum atomic E-state index is 12.3. The molecule has 0 spiro atoms. The van der Waals surface area contributed by atoms with Gasteiger partial charge < -0.3 is 10.4 Å². The van der Waals surface area contributed by atoms with Gasteiger partial charge in [-0.15, -0.1) is 11.3 Å². The van der Waals surface area contributed by atoms with Crippen LogP contribution in [0.3, 0.4) is 0 Å². The highest BCUT2D eigenvalue weighted by molar-refractivity contribution is 7.15. The van der Waals surface area contributed by atoms with Gasteiger partial charge in [-0.25, -0.2) is 4.98 Å². The van der Waals surface area contributed by atoms with Crippen LogP contribution in [0.1, 0.15) is 22.5 Å². The average Bonchev–Trinajstić information content (AvgIpc) is 3.14. The van der Waals surface area contributed by atoms with Gasteiger partial charge in [0, 0.05) is 29.2 Å². The van der Waals surface area contributed by atoms with E-state index in [2.05, 4.69) is 22.4 Å². The van der Waals surface area contributed by atoms with Gasteiger partial charge in [0.05, 0.1) is 12.3 Å². The normalized spacial score (nSPS) is 15.8. The molecule has 2 aromatic heterocycles. The molecule has 0 saturated carbocycles. The smallest absolute Gasteiger partial charge is 0.259 e. The predicted octanol–water partition coefficient (Wildman–Crippen LogP) is 1.68. The van der Waals surface area contributed by atoms with Crippen LogP contribution in [-0.2, 0) is 19.4 Å². The molecule has 0 bridgehead atoms. The second-order valence-electron chi connectivity index (χ2n) is 6.50. The number of aliphatic hydroxyl groups is 1. The van der Waals surface area contributed by atoms with Gasteiger partial charge >= 0.3 is 0 Å². The van der Waals surface area contributed by atoms with Crippen LogP contribution in [0.2, 0.25) is 0 Å². The Balaban J connectivity index is 1.57. The second kappa shape index (κ2) is 5.81. The summed E-state index contributed by atoms with van der Waals surface area (Å²) in [6, 6.07) is 9.86. The summed E-state index contributed by atoms with van der Waals surface area (Å²) >= 11 is 1.47. The van der Waals surface area contributed by atoms with E-state index in [1.807, 2.05) is 24.4 Å². The van der Waals surface area contributed by atoms with Gasteiger partial charge in [0.15, 0.2) is 4.96 Å². The van der Waals surface area contributed by atoms with Gasteiger partial charge in [0.25, 0.3) is 5.56 Å². The highest BCUT2D eigenvalue weighted by Crippen LogP contribution is 2.30. The van der Waals surface area contributed by atoms with Crippen molar-refractivity contribution >= 4 is 16.3 Å². The topological polar surface area (TPSA) is 66.6 Å². The number of hydrogen-bond acceptors (Lipinski definition) is 5. The quantitative estimate of drug-likeness (QED) is 0.758. The average molecular weight is 341 g/mol. The predicted molar refractivity (Wildman–Crippen MR) is 94.6 cm³/mol. The molecular weight excluding hydrogens is 322 g/mol. The third-order valence-electron chi connectivity index (χ3n) is 4.75. The van der Waals surface area contributed by atoms with Crippen molar-refractivity contribution in [2.24, 2.45) is 0 Å². The Morgan fingerprint density at radius 3 is 2.71 bits per heavy atom. The molecule has 0 unspecified atom stereocenters.